The Labute approximate surface area is 158 Å². The van der Waals surface area contributed by atoms with Crippen LogP contribution in [0.25, 0.3) is 0 Å². The highest BCUT2D eigenvalue weighted by molar-refractivity contribution is 5.80. The second-order valence-corrected chi connectivity index (χ2v) is 7.15. The normalized spacial score (nSPS) is 19.3. The SMILES string of the molecule is CCCC(CCO)CN=C(NCC)NC1CCCN(c2ccccc2)C1. The third-order valence-electron chi connectivity index (χ3n) is 4.97. The lowest BCUT2D eigenvalue weighted by atomic mass is 10.0. The number of nitrogens with one attached hydrogen (secondary N) is 2. The fourth-order valence-electron chi connectivity index (χ4n) is 3.62. The number of anilines is 1. The zero-order valence-electron chi connectivity index (χ0n) is 16.5. The molecule has 1 aliphatic rings. The van der Waals surface area contributed by atoms with Crippen molar-refractivity contribution in [2.45, 2.75) is 52.0 Å². The van der Waals surface area contributed by atoms with E-state index in [1.54, 1.807) is 0 Å². The van der Waals surface area contributed by atoms with Gasteiger partial charge in [0.2, 0.25) is 0 Å². The standard InChI is InChI=1S/C21H36N4O/c1-3-9-18(13-15-26)16-23-21(22-4-2)24-19-10-8-14-25(17-19)20-11-6-5-7-12-20/h5-7,11-12,18-19,26H,3-4,8-10,13-17H2,1-2H3,(H2,22,23,24). The fourth-order valence-corrected chi connectivity index (χ4v) is 3.62. The molecule has 1 saturated heterocycles. The van der Waals surface area contributed by atoms with Gasteiger partial charge in [0, 0.05) is 44.5 Å². The number of aliphatic hydroxyl groups excluding tert-OH is 1. The van der Waals surface area contributed by atoms with E-state index in [1.165, 1.54) is 18.5 Å². The fraction of sp³-hybridized carbons (Fsp3) is 0.667. The molecule has 5 nitrogen and oxygen atoms in total. The summed E-state index contributed by atoms with van der Waals surface area (Å²) >= 11 is 0. The molecule has 0 spiro atoms. The monoisotopic (exact) mass is 360 g/mol. The van der Waals surface area contributed by atoms with Crippen molar-refractivity contribution in [3.8, 4) is 0 Å². The molecule has 0 bridgehead atoms. The first kappa shape index (κ1) is 20.6. The van der Waals surface area contributed by atoms with E-state index in [0.717, 1.165) is 51.4 Å². The van der Waals surface area contributed by atoms with E-state index in [4.69, 9.17) is 4.99 Å². The van der Waals surface area contributed by atoms with Gasteiger partial charge in [0.1, 0.15) is 0 Å². The van der Waals surface area contributed by atoms with Crippen molar-refractivity contribution in [1.29, 1.82) is 0 Å². The molecule has 1 aromatic carbocycles. The molecule has 0 aliphatic carbocycles. The molecule has 1 heterocycles. The van der Waals surface area contributed by atoms with E-state index in [2.05, 4.69) is 59.7 Å². The van der Waals surface area contributed by atoms with Crippen LogP contribution in [0.2, 0.25) is 0 Å². The number of para-hydroxylation sites is 1. The first-order chi connectivity index (χ1) is 12.8. The molecular weight excluding hydrogens is 324 g/mol. The van der Waals surface area contributed by atoms with Gasteiger partial charge in [0.15, 0.2) is 5.96 Å². The van der Waals surface area contributed by atoms with Crippen molar-refractivity contribution in [3.05, 3.63) is 30.3 Å². The first-order valence-electron chi connectivity index (χ1n) is 10.2. The maximum Gasteiger partial charge on any atom is 0.191 e. The maximum atomic E-state index is 9.25. The summed E-state index contributed by atoms with van der Waals surface area (Å²) in [6.07, 6.45) is 5.45. The molecule has 1 aliphatic heterocycles. The van der Waals surface area contributed by atoms with Crippen LogP contribution in [0.5, 0.6) is 0 Å². The highest BCUT2D eigenvalue weighted by Crippen LogP contribution is 2.19. The Morgan fingerprint density at radius 1 is 1.27 bits per heavy atom. The minimum absolute atomic E-state index is 0.249. The summed E-state index contributed by atoms with van der Waals surface area (Å²) in [5, 5.41) is 16.3. The van der Waals surface area contributed by atoms with E-state index < -0.39 is 0 Å². The van der Waals surface area contributed by atoms with Crippen molar-refractivity contribution < 1.29 is 5.11 Å². The quantitative estimate of drug-likeness (QED) is 0.468. The lowest BCUT2D eigenvalue weighted by Crippen LogP contribution is -2.51. The summed E-state index contributed by atoms with van der Waals surface area (Å²) in [5.74, 6) is 1.37. The molecular formula is C21H36N4O. The predicted molar refractivity (Wildman–Crippen MR) is 111 cm³/mol. The summed E-state index contributed by atoms with van der Waals surface area (Å²) in [4.78, 5) is 7.26. The first-order valence-corrected chi connectivity index (χ1v) is 10.2. The average molecular weight is 361 g/mol. The zero-order valence-corrected chi connectivity index (χ0v) is 16.5. The Balaban J connectivity index is 1.94. The van der Waals surface area contributed by atoms with Gasteiger partial charge in [-0.2, -0.15) is 0 Å². The van der Waals surface area contributed by atoms with E-state index in [0.29, 0.717) is 12.0 Å². The van der Waals surface area contributed by atoms with Gasteiger partial charge >= 0.3 is 0 Å². The summed E-state index contributed by atoms with van der Waals surface area (Å²) in [5.41, 5.74) is 1.30. The van der Waals surface area contributed by atoms with Gasteiger partial charge < -0.3 is 20.6 Å². The Hall–Kier alpha value is -1.75. The van der Waals surface area contributed by atoms with Gasteiger partial charge in [0.05, 0.1) is 0 Å². The summed E-state index contributed by atoms with van der Waals surface area (Å²) in [7, 11) is 0. The Morgan fingerprint density at radius 3 is 2.77 bits per heavy atom. The van der Waals surface area contributed by atoms with Crippen molar-refractivity contribution in [1.82, 2.24) is 10.6 Å². The van der Waals surface area contributed by atoms with E-state index in [1.807, 2.05) is 0 Å². The number of aliphatic hydroxyl groups is 1. The number of hydrogen-bond acceptors (Lipinski definition) is 3. The molecule has 0 saturated carbocycles. The largest absolute Gasteiger partial charge is 0.396 e. The Kier molecular flexibility index (Phi) is 9.32. The smallest absolute Gasteiger partial charge is 0.191 e. The van der Waals surface area contributed by atoms with Crippen LogP contribution in [0.1, 0.15) is 46.0 Å². The molecule has 1 fully saturated rings. The van der Waals surface area contributed by atoms with Crippen LogP contribution in [0, 0.1) is 5.92 Å². The van der Waals surface area contributed by atoms with Gasteiger partial charge in [-0.25, -0.2) is 0 Å². The summed E-state index contributed by atoms with van der Waals surface area (Å²) in [6, 6.07) is 11.1. The molecule has 0 amide bonds. The third kappa shape index (κ3) is 6.87. The summed E-state index contributed by atoms with van der Waals surface area (Å²) < 4.78 is 0. The van der Waals surface area contributed by atoms with Crippen molar-refractivity contribution in [2.24, 2.45) is 10.9 Å². The van der Waals surface area contributed by atoms with Crippen molar-refractivity contribution in [3.63, 3.8) is 0 Å². The lowest BCUT2D eigenvalue weighted by molar-refractivity contribution is 0.253. The number of benzene rings is 1. The molecule has 2 unspecified atom stereocenters. The second kappa shape index (κ2) is 11.8. The number of piperidine rings is 1. The maximum absolute atomic E-state index is 9.25. The zero-order chi connectivity index (χ0) is 18.6. The Morgan fingerprint density at radius 2 is 2.08 bits per heavy atom. The van der Waals surface area contributed by atoms with Crippen LogP contribution in [-0.2, 0) is 0 Å². The molecule has 2 rings (SSSR count). The highest BCUT2D eigenvalue weighted by atomic mass is 16.3. The molecule has 0 aromatic heterocycles. The highest BCUT2D eigenvalue weighted by Gasteiger charge is 2.21. The topological polar surface area (TPSA) is 59.9 Å². The molecule has 1 aromatic rings. The summed E-state index contributed by atoms with van der Waals surface area (Å²) in [6.45, 7) is 8.30. The number of rotatable bonds is 9. The number of hydrogen-bond donors (Lipinski definition) is 3. The van der Waals surface area contributed by atoms with Gasteiger partial charge in [-0.05, 0) is 50.7 Å². The molecule has 26 heavy (non-hydrogen) atoms. The van der Waals surface area contributed by atoms with Crippen LogP contribution >= 0.6 is 0 Å². The third-order valence-corrected chi connectivity index (χ3v) is 4.97. The number of aliphatic imine (C=N–C) groups is 1. The van der Waals surface area contributed by atoms with Crippen LogP contribution in [0.15, 0.2) is 35.3 Å². The number of guanidine groups is 1. The molecule has 0 radical (unpaired) electrons. The second-order valence-electron chi connectivity index (χ2n) is 7.15. The Bertz CT molecular complexity index is 514. The van der Waals surface area contributed by atoms with Crippen molar-refractivity contribution >= 4 is 11.6 Å². The minimum atomic E-state index is 0.249. The molecule has 5 heteroatoms. The molecule has 2 atom stereocenters. The van der Waals surface area contributed by atoms with Gasteiger partial charge in [-0.15, -0.1) is 0 Å². The van der Waals surface area contributed by atoms with E-state index in [9.17, 15) is 5.11 Å². The molecule has 146 valence electrons. The predicted octanol–water partition coefficient (Wildman–Crippen LogP) is 3.01. The average Bonchev–Trinajstić information content (AvgIpc) is 2.67. The lowest BCUT2D eigenvalue weighted by Gasteiger charge is -2.35. The van der Waals surface area contributed by atoms with Crippen LogP contribution in [0.3, 0.4) is 0 Å². The van der Waals surface area contributed by atoms with Gasteiger partial charge in [-0.3, -0.25) is 4.99 Å². The van der Waals surface area contributed by atoms with Crippen LogP contribution in [-0.4, -0.2) is 49.9 Å². The van der Waals surface area contributed by atoms with Crippen molar-refractivity contribution in [2.75, 3.05) is 37.7 Å². The van der Waals surface area contributed by atoms with E-state index >= 15 is 0 Å². The van der Waals surface area contributed by atoms with Crippen LogP contribution in [0.4, 0.5) is 5.69 Å². The van der Waals surface area contributed by atoms with Gasteiger partial charge in [-0.1, -0.05) is 31.5 Å². The van der Waals surface area contributed by atoms with Crippen LogP contribution < -0.4 is 15.5 Å². The molecule has 3 N–H and O–H groups in total. The van der Waals surface area contributed by atoms with Gasteiger partial charge in [0.25, 0.3) is 0 Å². The minimum Gasteiger partial charge on any atom is -0.396 e. The number of nitrogens with zero attached hydrogens (tertiary/aromatic N) is 2. The van der Waals surface area contributed by atoms with E-state index in [-0.39, 0.29) is 6.61 Å².